The number of benzene rings is 1. The lowest BCUT2D eigenvalue weighted by atomic mass is 9.96. The third-order valence-corrected chi connectivity index (χ3v) is 6.63. The number of hydrogen-bond acceptors (Lipinski definition) is 4. The Morgan fingerprint density at radius 1 is 1.46 bits per heavy atom. The van der Waals surface area contributed by atoms with Gasteiger partial charge in [0.15, 0.2) is 5.60 Å². The van der Waals surface area contributed by atoms with E-state index in [1.807, 2.05) is 29.6 Å². The van der Waals surface area contributed by atoms with Crippen LogP contribution in [0.25, 0.3) is 0 Å². The lowest BCUT2D eigenvalue weighted by molar-refractivity contribution is -0.0241. The van der Waals surface area contributed by atoms with Crippen molar-refractivity contribution in [1.29, 1.82) is 0 Å². The van der Waals surface area contributed by atoms with Gasteiger partial charge >= 0.3 is 5.97 Å². The summed E-state index contributed by atoms with van der Waals surface area (Å²) in [5, 5.41) is 2.01. The summed E-state index contributed by atoms with van der Waals surface area (Å²) in [4.78, 5) is 14.0. The highest BCUT2D eigenvalue weighted by atomic mass is 127. The second-order valence-corrected chi connectivity index (χ2v) is 8.32. The first kappa shape index (κ1) is 17.9. The minimum absolute atomic E-state index is 0.261. The maximum Gasteiger partial charge on any atom is 0.340 e. The largest absolute Gasteiger partial charge is 0.447 e. The quantitative estimate of drug-likeness (QED) is 0.450. The van der Waals surface area contributed by atoms with Gasteiger partial charge in [-0.05, 0) is 64.1 Å². The van der Waals surface area contributed by atoms with Crippen molar-refractivity contribution in [2.24, 2.45) is 0 Å². The van der Waals surface area contributed by atoms with Crippen molar-refractivity contribution in [3.63, 3.8) is 0 Å². The first-order chi connectivity index (χ1) is 11.6. The molecule has 128 valence electrons. The number of hydrogen-bond donors (Lipinski definition) is 0. The van der Waals surface area contributed by atoms with Crippen LogP contribution in [0.1, 0.15) is 53.4 Å². The first-order valence-corrected chi connectivity index (χ1v) is 10.2. The molecule has 1 aliphatic rings. The Hall–Kier alpha value is -0.920. The van der Waals surface area contributed by atoms with Crippen molar-refractivity contribution in [2.75, 3.05) is 13.2 Å². The smallest absolute Gasteiger partial charge is 0.340 e. The normalized spacial score (nSPS) is 21.6. The molecule has 1 aromatic carbocycles. The van der Waals surface area contributed by atoms with E-state index in [2.05, 4.69) is 42.5 Å². The molecule has 0 radical (unpaired) electrons. The van der Waals surface area contributed by atoms with E-state index in [4.69, 9.17) is 9.47 Å². The summed E-state index contributed by atoms with van der Waals surface area (Å²) >= 11 is 3.82. The van der Waals surface area contributed by atoms with Gasteiger partial charge in [-0.1, -0.05) is 26.0 Å². The highest BCUT2D eigenvalue weighted by Crippen LogP contribution is 2.38. The summed E-state index contributed by atoms with van der Waals surface area (Å²) in [5.41, 5.74) is 1.19. The van der Waals surface area contributed by atoms with Gasteiger partial charge in [0.1, 0.15) is 0 Å². The SMILES string of the molecule is CCC(C)c1ccc(I)c(C(=O)OC2(c3cccs3)CCOC2)c1. The maximum absolute atomic E-state index is 12.9. The van der Waals surface area contributed by atoms with E-state index < -0.39 is 5.60 Å². The molecule has 0 bridgehead atoms. The van der Waals surface area contributed by atoms with Crippen molar-refractivity contribution in [3.8, 4) is 0 Å². The number of carbonyl (C=O) groups excluding carboxylic acids is 1. The monoisotopic (exact) mass is 456 g/mol. The molecule has 0 N–H and O–H groups in total. The molecule has 24 heavy (non-hydrogen) atoms. The van der Waals surface area contributed by atoms with Gasteiger partial charge in [-0.25, -0.2) is 4.79 Å². The van der Waals surface area contributed by atoms with E-state index in [0.29, 0.717) is 31.1 Å². The van der Waals surface area contributed by atoms with Crippen molar-refractivity contribution in [2.45, 2.75) is 38.2 Å². The van der Waals surface area contributed by atoms with Crippen LogP contribution in [-0.2, 0) is 15.1 Å². The van der Waals surface area contributed by atoms with E-state index in [-0.39, 0.29) is 5.97 Å². The fraction of sp³-hybridized carbons (Fsp3) is 0.421. The van der Waals surface area contributed by atoms with Gasteiger partial charge in [0.2, 0.25) is 0 Å². The molecule has 1 aliphatic heterocycles. The van der Waals surface area contributed by atoms with Crippen LogP contribution in [-0.4, -0.2) is 19.2 Å². The highest BCUT2D eigenvalue weighted by molar-refractivity contribution is 14.1. The van der Waals surface area contributed by atoms with Crippen LogP contribution in [0.4, 0.5) is 0 Å². The van der Waals surface area contributed by atoms with Gasteiger partial charge in [0.25, 0.3) is 0 Å². The predicted molar refractivity (Wildman–Crippen MR) is 105 cm³/mol. The molecule has 5 heteroatoms. The van der Waals surface area contributed by atoms with E-state index in [1.54, 1.807) is 11.3 Å². The van der Waals surface area contributed by atoms with E-state index in [9.17, 15) is 4.79 Å². The predicted octanol–water partition coefficient (Wildman–Crippen LogP) is 5.34. The van der Waals surface area contributed by atoms with Crippen molar-refractivity contribution < 1.29 is 14.3 Å². The number of esters is 1. The Bertz CT molecular complexity index is 705. The number of halogens is 1. The van der Waals surface area contributed by atoms with Crippen LogP contribution in [0.2, 0.25) is 0 Å². The van der Waals surface area contributed by atoms with E-state index >= 15 is 0 Å². The summed E-state index contributed by atoms with van der Waals surface area (Å²) in [7, 11) is 0. The van der Waals surface area contributed by atoms with Crippen molar-refractivity contribution in [1.82, 2.24) is 0 Å². The van der Waals surface area contributed by atoms with Crippen LogP contribution in [0.3, 0.4) is 0 Å². The Morgan fingerprint density at radius 2 is 2.29 bits per heavy atom. The fourth-order valence-electron chi connectivity index (χ4n) is 2.88. The average Bonchev–Trinajstić information content (AvgIpc) is 3.26. The number of thiophene rings is 1. The molecule has 1 fully saturated rings. The molecular weight excluding hydrogens is 435 g/mol. The average molecular weight is 456 g/mol. The molecular formula is C19H21IO3S. The molecule has 2 aromatic rings. The maximum atomic E-state index is 12.9. The lowest BCUT2D eigenvalue weighted by Gasteiger charge is -2.27. The summed E-state index contributed by atoms with van der Waals surface area (Å²) in [5.74, 6) is 0.165. The van der Waals surface area contributed by atoms with Gasteiger partial charge in [-0.3, -0.25) is 0 Å². The molecule has 2 unspecified atom stereocenters. The molecule has 3 rings (SSSR count). The first-order valence-electron chi connectivity index (χ1n) is 8.20. The second kappa shape index (κ2) is 7.54. The molecule has 0 aliphatic carbocycles. The number of carbonyl (C=O) groups is 1. The summed E-state index contributed by atoms with van der Waals surface area (Å²) in [6.07, 6.45) is 1.75. The highest BCUT2D eigenvalue weighted by Gasteiger charge is 2.42. The zero-order valence-electron chi connectivity index (χ0n) is 13.9. The van der Waals surface area contributed by atoms with Crippen LogP contribution in [0, 0.1) is 3.57 Å². The zero-order valence-corrected chi connectivity index (χ0v) is 16.9. The Labute approximate surface area is 160 Å². The van der Waals surface area contributed by atoms with Gasteiger partial charge in [-0.2, -0.15) is 0 Å². The van der Waals surface area contributed by atoms with Crippen molar-refractivity contribution in [3.05, 3.63) is 55.3 Å². The van der Waals surface area contributed by atoms with Crippen LogP contribution in [0.5, 0.6) is 0 Å². The molecule has 3 nitrogen and oxygen atoms in total. The fourth-order valence-corrected chi connectivity index (χ4v) is 4.32. The van der Waals surface area contributed by atoms with Crippen LogP contribution in [0.15, 0.2) is 35.7 Å². The molecule has 2 heterocycles. The molecule has 0 spiro atoms. The Morgan fingerprint density at radius 3 is 2.92 bits per heavy atom. The standard InChI is InChI=1S/C19H21IO3S/c1-3-13(2)14-6-7-16(20)15(11-14)18(21)23-19(8-9-22-12-19)17-5-4-10-24-17/h4-7,10-11,13H,3,8-9,12H2,1-2H3. The topological polar surface area (TPSA) is 35.5 Å². The number of rotatable bonds is 5. The molecule has 0 amide bonds. The summed E-state index contributed by atoms with van der Waals surface area (Å²) in [6.45, 7) is 5.38. The number of ether oxygens (including phenoxy) is 2. The van der Waals surface area contributed by atoms with E-state index in [1.165, 1.54) is 5.56 Å². The second-order valence-electron chi connectivity index (χ2n) is 6.21. The van der Waals surface area contributed by atoms with Crippen LogP contribution < -0.4 is 0 Å². The lowest BCUT2D eigenvalue weighted by Crippen LogP contribution is -2.32. The van der Waals surface area contributed by atoms with Crippen molar-refractivity contribution >= 4 is 39.9 Å². The van der Waals surface area contributed by atoms with Gasteiger partial charge in [0.05, 0.1) is 23.7 Å². The van der Waals surface area contributed by atoms with Crippen LogP contribution >= 0.6 is 33.9 Å². The zero-order chi connectivity index (χ0) is 17.2. The Kier molecular flexibility index (Phi) is 5.62. The molecule has 2 atom stereocenters. The third kappa shape index (κ3) is 3.53. The third-order valence-electron chi connectivity index (χ3n) is 4.64. The van der Waals surface area contributed by atoms with Gasteiger partial charge in [-0.15, -0.1) is 11.3 Å². The molecule has 0 saturated carbocycles. The summed E-state index contributed by atoms with van der Waals surface area (Å²) < 4.78 is 12.5. The summed E-state index contributed by atoms with van der Waals surface area (Å²) in [6, 6.07) is 10.1. The molecule has 1 aromatic heterocycles. The minimum Gasteiger partial charge on any atom is -0.447 e. The minimum atomic E-state index is -0.638. The van der Waals surface area contributed by atoms with Gasteiger partial charge < -0.3 is 9.47 Å². The van der Waals surface area contributed by atoms with E-state index in [0.717, 1.165) is 14.9 Å². The van der Waals surface area contributed by atoms with Gasteiger partial charge in [0, 0.05) is 9.99 Å². The molecule has 1 saturated heterocycles. The Balaban J connectivity index is 1.89.